The number of carbonyl (C=O) groups excluding carboxylic acids is 2. The molecule has 0 radical (unpaired) electrons. The third-order valence-corrected chi connectivity index (χ3v) is 8.71. The molecule has 0 saturated carbocycles. The molecule has 3 aromatic carbocycles. The minimum Gasteiger partial charge on any atom is -0.494 e. The van der Waals surface area contributed by atoms with Gasteiger partial charge in [-0.3, -0.25) is 13.9 Å². The van der Waals surface area contributed by atoms with Crippen molar-refractivity contribution in [1.82, 2.24) is 10.2 Å². The van der Waals surface area contributed by atoms with Crippen molar-refractivity contribution in [2.24, 2.45) is 0 Å². The lowest BCUT2D eigenvalue weighted by Crippen LogP contribution is -2.55. The number of hydrogen-bond donors (Lipinski definition) is 1. The van der Waals surface area contributed by atoms with E-state index in [0.717, 1.165) is 4.31 Å². The molecule has 3 aromatic rings. The fraction of sp³-hybridized carbons (Fsp3) is 0.355. The van der Waals surface area contributed by atoms with Gasteiger partial charge >= 0.3 is 0 Å². The summed E-state index contributed by atoms with van der Waals surface area (Å²) in [4.78, 5) is 28.9. The lowest BCUT2D eigenvalue weighted by atomic mass is 10.1. The van der Waals surface area contributed by atoms with Gasteiger partial charge in [-0.25, -0.2) is 8.42 Å². The van der Waals surface area contributed by atoms with Crippen LogP contribution in [0.1, 0.15) is 46.6 Å². The van der Waals surface area contributed by atoms with Crippen molar-refractivity contribution in [3.8, 4) is 5.75 Å². The smallest absolute Gasteiger partial charge is 0.264 e. The van der Waals surface area contributed by atoms with E-state index in [4.69, 9.17) is 27.9 Å². The van der Waals surface area contributed by atoms with E-state index in [1.165, 1.54) is 29.2 Å². The second-order valence-corrected chi connectivity index (χ2v) is 13.4. The Morgan fingerprint density at radius 3 is 2.10 bits per heavy atom. The van der Waals surface area contributed by atoms with E-state index >= 15 is 0 Å². The van der Waals surface area contributed by atoms with Crippen LogP contribution in [-0.2, 0) is 26.2 Å². The highest BCUT2D eigenvalue weighted by atomic mass is 35.5. The number of sulfonamides is 1. The molecule has 226 valence electrons. The summed E-state index contributed by atoms with van der Waals surface area (Å²) in [5.74, 6) is -0.363. The molecule has 0 aliphatic carbocycles. The van der Waals surface area contributed by atoms with Crippen molar-refractivity contribution >= 4 is 50.7 Å². The molecule has 2 amide bonds. The molecule has 0 heterocycles. The summed E-state index contributed by atoms with van der Waals surface area (Å²) in [6.45, 7) is 9.08. The normalized spacial score (nSPS) is 12.4. The highest BCUT2D eigenvalue weighted by molar-refractivity contribution is 7.92. The van der Waals surface area contributed by atoms with E-state index in [-0.39, 0.29) is 23.0 Å². The van der Waals surface area contributed by atoms with Gasteiger partial charge in [-0.05, 0) is 94.3 Å². The fourth-order valence-electron chi connectivity index (χ4n) is 4.32. The molecule has 0 fully saturated rings. The molecule has 0 aliphatic heterocycles. The first kappa shape index (κ1) is 33.2. The summed E-state index contributed by atoms with van der Waals surface area (Å²) in [5.41, 5.74) is 0.338. The molecule has 0 unspecified atom stereocenters. The molecule has 0 aromatic heterocycles. The van der Waals surface area contributed by atoms with Crippen molar-refractivity contribution < 1.29 is 22.7 Å². The zero-order valence-electron chi connectivity index (χ0n) is 24.4. The fourth-order valence-corrected chi connectivity index (χ4v) is 6.06. The molecule has 1 N–H and O–H groups in total. The number of nitrogens with zero attached hydrogens (tertiary/aromatic N) is 2. The Labute approximate surface area is 258 Å². The lowest BCUT2D eigenvalue weighted by molar-refractivity contribution is -0.141. The second kappa shape index (κ2) is 14.3. The Hall–Kier alpha value is -3.27. The number of amides is 2. The molecule has 3 rings (SSSR count). The van der Waals surface area contributed by atoms with Gasteiger partial charge in [0, 0.05) is 22.1 Å². The molecule has 11 heteroatoms. The van der Waals surface area contributed by atoms with Gasteiger partial charge in [0.25, 0.3) is 10.0 Å². The summed E-state index contributed by atoms with van der Waals surface area (Å²) in [6.07, 6.45) is 0.297. The van der Waals surface area contributed by atoms with Crippen LogP contribution in [0.3, 0.4) is 0 Å². The van der Waals surface area contributed by atoms with Gasteiger partial charge < -0.3 is 15.0 Å². The Morgan fingerprint density at radius 2 is 1.55 bits per heavy atom. The van der Waals surface area contributed by atoms with Crippen LogP contribution in [0.25, 0.3) is 0 Å². The van der Waals surface area contributed by atoms with Crippen LogP contribution in [0.15, 0.2) is 77.7 Å². The third-order valence-electron chi connectivity index (χ3n) is 6.30. The summed E-state index contributed by atoms with van der Waals surface area (Å²) in [5, 5.41) is 3.75. The highest BCUT2D eigenvalue weighted by Crippen LogP contribution is 2.28. The summed E-state index contributed by atoms with van der Waals surface area (Å²) >= 11 is 12.5. The van der Waals surface area contributed by atoms with Gasteiger partial charge in [-0.15, -0.1) is 0 Å². The van der Waals surface area contributed by atoms with Crippen LogP contribution in [0, 0.1) is 0 Å². The maximum absolute atomic E-state index is 14.2. The number of anilines is 1. The summed E-state index contributed by atoms with van der Waals surface area (Å²) in [6, 6.07) is 18.3. The highest BCUT2D eigenvalue weighted by Gasteiger charge is 2.35. The maximum atomic E-state index is 14.2. The molecule has 42 heavy (non-hydrogen) atoms. The SMILES string of the molecule is CCOc1ccc(N(CC(=O)N(Cc2ccccc2Cl)[C@H](CC)C(=O)NC(C)(C)C)S(=O)(=O)c2ccc(Cl)cc2)cc1. The minimum atomic E-state index is -4.23. The zero-order valence-corrected chi connectivity index (χ0v) is 26.8. The molecular formula is C31H37Cl2N3O5S. The van der Waals surface area contributed by atoms with Crippen molar-refractivity contribution in [2.75, 3.05) is 17.5 Å². The number of nitrogens with one attached hydrogen (secondary N) is 1. The molecule has 0 spiro atoms. The van der Waals surface area contributed by atoms with Gasteiger partial charge in [0.1, 0.15) is 18.3 Å². The van der Waals surface area contributed by atoms with Crippen molar-refractivity contribution in [2.45, 2.75) is 64.1 Å². The minimum absolute atomic E-state index is 0.00663. The van der Waals surface area contributed by atoms with Gasteiger partial charge in [0.15, 0.2) is 0 Å². The van der Waals surface area contributed by atoms with Gasteiger partial charge in [0.05, 0.1) is 17.2 Å². The molecule has 8 nitrogen and oxygen atoms in total. The lowest BCUT2D eigenvalue weighted by Gasteiger charge is -2.35. The van der Waals surface area contributed by atoms with E-state index in [1.807, 2.05) is 27.7 Å². The van der Waals surface area contributed by atoms with Crippen LogP contribution in [-0.4, -0.2) is 49.9 Å². The quantitative estimate of drug-likeness (QED) is 0.252. The van der Waals surface area contributed by atoms with Crippen LogP contribution < -0.4 is 14.4 Å². The van der Waals surface area contributed by atoms with E-state index in [0.29, 0.717) is 34.4 Å². The Morgan fingerprint density at radius 1 is 0.929 bits per heavy atom. The predicted molar refractivity (Wildman–Crippen MR) is 168 cm³/mol. The predicted octanol–water partition coefficient (Wildman–Crippen LogP) is 6.31. The molecular weight excluding hydrogens is 597 g/mol. The largest absolute Gasteiger partial charge is 0.494 e. The van der Waals surface area contributed by atoms with E-state index < -0.39 is 34.1 Å². The first-order chi connectivity index (χ1) is 19.8. The van der Waals surface area contributed by atoms with Crippen LogP contribution in [0.4, 0.5) is 5.69 Å². The number of ether oxygens (including phenoxy) is 1. The number of benzene rings is 3. The summed E-state index contributed by atoms with van der Waals surface area (Å²) < 4.78 is 34.5. The van der Waals surface area contributed by atoms with Crippen LogP contribution in [0.5, 0.6) is 5.75 Å². The standard InChI is InChI=1S/C31H37Cl2N3O5S/c1-6-28(30(38)34-31(3,4)5)35(20-22-10-8-9-11-27(22)33)29(37)21-36(24-14-16-25(17-15-24)41-7-2)42(39,40)26-18-12-23(32)13-19-26/h8-19,28H,6-7,20-21H2,1-5H3,(H,34,38)/t28-/m1/s1. The number of carbonyl (C=O) groups is 2. The first-order valence-electron chi connectivity index (χ1n) is 13.6. The summed E-state index contributed by atoms with van der Waals surface area (Å²) in [7, 11) is -4.23. The van der Waals surface area contributed by atoms with Gasteiger partial charge in [0.2, 0.25) is 11.8 Å². The number of hydrogen-bond acceptors (Lipinski definition) is 5. The molecule has 0 saturated heterocycles. The van der Waals surface area contributed by atoms with Crippen molar-refractivity contribution in [3.63, 3.8) is 0 Å². The average molecular weight is 635 g/mol. The van der Waals surface area contributed by atoms with Gasteiger partial charge in [-0.2, -0.15) is 0 Å². The Bertz CT molecular complexity index is 1470. The third kappa shape index (κ3) is 8.63. The van der Waals surface area contributed by atoms with E-state index in [9.17, 15) is 18.0 Å². The van der Waals surface area contributed by atoms with Crippen LogP contribution >= 0.6 is 23.2 Å². The van der Waals surface area contributed by atoms with Crippen molar-refractivity contribution in [3.05, 3.63) is 88.4 Å². The monoisotopic (exact) mass is 633 g/mol. The second-order valence-electron chi connectivity index (χ2n) is 10.7. The Kier molecular flexibility index (Phi) is 11.3. The average Bonchev–Trinajstić information content (AvgIpc) is 2.92. The molecule has 0 aliphatic rings. The number of halogens is 2. The van der Waals surface area contributed by atoms with Crippen molar-refractivity contribution in [1.29, 1.82) is 0 Å². The van der Waals surface area contributed by atoms with Gasteiger partial charge in [-0.1, -0.05) is 48.3 Å². The number of rotatable bonds is 12. The topological polar surface area (TPSA) is 96.0 Å². The molecule has 1 atom stereocenters. The van der Waals surface area contributed by atoms with Crippen LogP contribution in [0.2, 0.25) is 10.0 Å². The van der Waals surface area contributed by atoms with E-state index in [2.05, 4.69) is 5.32 Å². The zero-order chi connectivity index (χ0) is 31.1. The first-order valence-corrected chi connectivity index (χ1v) is 15.8. The Balaban J connectivity index is 2.08. The molecule has 0 bridgehead atoms. The van der Waals surface area contributed by atoms with E-state index in [1.54, 1.807) is 55.5 Å². The maximum Gasteiger partial charge on any atom is 0.264 e.